The lowest BCUT2D eigenvalue weighted by atomic mass is 10.0. The molecule has 2 aromatic rings. The maximum atomic E-state index is 12.7. The number of piperazine rings is 1. The lowest BCUT2D eigenvalue weighted by Crippen LogP contribution is -2.52. The summed E-state index contributed by atoms with van der Waals surface area (Å²) in [6, 6.07) is 8.84. The number of hydrogen-bond acceptors (Lipinski definition) is 10. The molecule has 3 saturated heterocycles. The number of benzene rings is 1. The number of anilines is 3. The first kappa shape index (κ1) is 32.7. The van der Waals surface area contributed by atoms with Crippen molar-refractivity contribution in [1.29, 1.82) is 0 Å². The Balaban J connectivity index is 1.24. The van der Waals surface area contributed by atoms with E-state index in [0.717, 1.165) is 57.8 Å². The molecular weight excluding hydrogens is 572 g/mol. The van der Waals surface area contributed by atoms with Crippen molar-refractivity contribution in [2.45, 2.75) is 77.5 Å². The number of hydrogen-bond donors (Lipinski definition) is 2. The Labute approximate surface area is 267 Å². The van der Waals surface area contributed by atoms with Gasteiger partial charge in [-0.1, -0.05) is 6.92 Å². The van der Waals surface area contributed by atoms with E-state index in [1.165, 1.54) is 18.5 Å². The van der Waals surface area contributed by atoms with Gasteiger partial charge in [-0.15, -0.1) is 0 Å². The lowest BCUT2D eigenvalue weighted by Gasteiger charge is -2.42. The minimum atomic E-state index is -0.667. The van der Waals surface area contributed by atoms with E-state index in [-0.39, 0.29) is 23.7 Å². The van der Waals surface area contributed by atoms with Crippen molar-refractivity contribution < 1.29 is 19.1 Å². The first-order chi connectivity index (χ1) is 21.5. The van der Waals surface area contributed by atoms with E-state index in [9.17, 15) is 9.59 Å². The quantitative estimate of drug-likeness (QED) is 0.448. The van der Waals surface area contributed by atoms with Crippen LogP contribution in [0.25, 0.3) is 0 Å². The van der Waals surface area contributed by atoms with Crippen molar-refractivity contribution in [2.24, 2.45) is 5.73 Å². The molecule has 3 fully saturated rings. The van der Waals surface area contributed by atoms with E-state index < -0.39 is 11.5 Å². The zero-order valence-electron chi connectivity index (χ0n) is 27.6. The highest BCUT2D eigenvalue weighted by Crippen LogP contribution is 2.29. The van der Waals surface area contributed by atoms with Gasteiger partial charge in [-0.3, -0.25) is 9.69 Å². The van der Waals surface area contributed by atoms with E-state index >= 15 is 0 Å². The highest BCUT2D eigenvalue weighted by Gasteiger charge is 2.30. The molecule has 12 nitrogen and oxygen atoms in total. The number of rotatable bonds is 8. The minimum absolute atomic E-state index is 0.0632. The molecule has 3 N–H and O–H groups in total. The molecule has 5 rings (SSSR count). The number of primary amides is 1. The van der Waals surface area contributed by atoms with Gasteiger partial charge in [0.2, 0.25) is 5.88 Å². The molecule has 0 unspecified atom stereocenters. The summed E-state index contributed by atoms with van der Waals surface area (Å²) in [7, 11) is 2.20. The second-order valence-electron chi connectivity index (χ2n) is 13.4. The lowest BCUT2D eigenvalue weighted by molar-refractivity contribution is 0.00705. The number of likely N-dealkylation sites (N-methyl/N-ethyl adjacent to an activating group) is 1. The number of amides is 2. The van der Waals surface area contributed by atoms with Crippen molar-refractivity contribution in [3.05, 3.63) is 35.7 Å². The third kappa shape index (κ3) is 8.55. The summed E-state index contributed by atoms with van der Waals surface area (Å²) in [4.78, 5) is 43.5. The molecule has 246 valence electrons. The monoisotopic (exact) mass is 622 g/mol. The van der Waals surface area contributed by atoms with Gasteiger partial charge < -0.3 is 35.2 Å². The normalized spacial score (nSPS) is 20.6. The molecule has 4 heterocycles. The summed E-state index contributed by atoms with van der Waals surface area (Å²) in [5.41, 5.74) is 7.71. The van der Waals surface area contributed by atoms with Crippen LogP contribution in [0.3, 0.4) is 0 Å². The van der Waals surface area contributed by atoms with Crippen molar-refractivity contribution in [3.8, 4) is 5.88 Å². The van der Waals surface area contributed by atoms with Crippen molar-refractivity contribution in [3.63, 3.8) is 0 Å². The molecule has 1 atom stereocenters. The van der Waals surface area contributed by atoms with E-state index in [1.807, 2.05) is 39.8 Å². The molecule has 2 amide bonds. The molecule has 1 aromatic carbocycles. The van der Waals surface area contributed by atoms with Crippen molar-refractivity contribution >= 4 is 29.2 Å². The first-order valence-electron chi connectivity index (χ1n) is 16.4. The maximum absolute atomic E-state index is 12.7. The number of ether oxygens (including phenoxy) is 2. The molecule has 0 radical (unpaired) electrons. The SMILES string of the molecule is CCc1nc(C(N)=O)c(Nc2ccc(N3CCC(N4CCN(C)CC4)CC3)cc2)nc1O[C@@H]1CCCN(C(=O)OC(C)(C)C)C1. The van der Waals surface area contributed by atoms with Crippen LogP contribution in [0.5, 0.6) is 5.88 Å². The second kappa shape index (κ2) is 14.2. The van der Waals surface area contributed by atoms with Gasteiger partial charge >= 0.3 is 6.09 Å². The van der Waals surface area contributed by atoms with Gasteiger partial charge in [-0.05, 0) is 84.2 Å². The highest BCUT2D eigenvalue weighted by atomic mass is 16.6. The number of aromatic nitrogens is 2. The molecule has 1 aromatic heterocycles. The molecule has 45 heavy (non-hydrogen) atoms. The number of likely N-dealkylation sites (tertiary alicyclic amines) is 1. The predicted octanol–water partition coefficient (Wildman–Crippen LogP) is 3.88. The summed E-state index contributed by atoms with van der Waals surface area (Å²) in [6.45, 7) is 15.2. The van der Waals surface area contributed by atoms with Gasteiger partial charge in [-0.2, -0.15) is 4.98 Å². The van der Waals surface area contributed by atoms with Crippen LogP contribution in [0.15, 0.2) is 24.3 Å². The third-order valence-corrected chi connectivity index (χ3v) is 8.82. The Morgan fingerprint density at radius 2 is 1.67 bits per heavy atom. The van der Waals surface area contributed by atoms with E-state index in [0.29, 0.717) is 37.1 Å². The van der Waals surface area contributed by atoms with Crippen molar-refractivity contribution in [2.75, 3.05) is 69.6 Å². The summed E-state index contributed by atoms with van der Waals surface area (Å²) >= 11 is 0. The molecular formula is C33H50N8O4. The summed E-state index contributed by atoms with van der Waals surface area (Å²) < 4.78 is 11.9. The van der Waals surface area contributed by atoms with Gasteiger partial charge in [0, 0.05) is 63.2 Å². The van der Waals surface area contributed by atoms with Gasteiger partial charge in [0.15, 0.2) is 11.5 Å². The molecule has 0 saturated carbocycles. The average molecular weight is 623 g/mol. The van der Waals surface area contributed by atoms with Crippen LogP contribution >= 0.6 is 0 Å². The Morgan fingerprint density at radius 3 is 2.29 bits per heavy atom. The fourth-order valence-corrected chi connectivity index (χ4v) is 6.29. The number of piperidine rings is 2. The number of carbonyl (C=O) groups is 2. The Hall–Kier alpha value is -3.64. The Kier molecular flexibility index (Phi) is 10.3. The zero-order valence-corrected chi connectivity index (χ0v) is 27.6. The van der Waals surface area contributed by atoms with E-state index in [4.69, 9.17) is 20.2 Å². The van der Waals surface area contributed by atoms with Gasteiger partial charge in [0.1, 0.15) is 17.4 Å². The third-order valence-electron chi connectivity index (χ3n) is 8.82. The van der Waals surface area contributed by atoms with Crippen LogP contribution in [0.2, 0.25) is 0 Å². The topological polar surface area (TPSA) is 129 Å². The van der Waals surface area contributed by atoms with Crippen LogP contribution in [0.1, 0.15) is 69.6 Å². The summed E-state index contributed by atoms with van der Waals surface area (Å²) in [5.74, 6) is -0.0870. The minimum Gasteiger partial charge on any atom is -0.471 e. The van der Waals surface area contributed by atoms with E-state index in [1.54, 1.807) is 4.90 Å². The standard InChI is InChI=1S/C33H50N8O4/c1-6-27-31(44-26-8-7-15-41(22-26)32(43)45-33(2,3)4)37-30(28(36-27)29(34)42)35-23-9-11-24(12-10-23)39-16-13-25(14-17-39)40-20-18-38(5)19-21-40/h9-12,25-26H,6-8,13-22H2,1-5H3,(H2,34,42)(H,35,37)/t26-/m1/s1. The molecule has 3 aliphatic heterocycles. The fraction of sp³-hybridized carbons (Fsp3) is 0.636. The van der Waals surface area contributed by atoms with Gasteiger partial charge in [0.25, 0.3) is 5.91 Å². The molecule has 12 heteroatoms. The fourth-order valence-electron chi connectivity index (χ4n) is 6.29. The molecule has 3 aliphatic rings. The van der Waals surface area contributed by atoms with Crippen LogP contribution < -0.4 is 20.7 Å². The number of nitrogens with zero attached hydrogens (tertiary/aromatic N) is 6. The molecule has 0 spiro atoms. The van der Waals surface area contributed by atoms with Crippen LogP contribution in [0, 0.1) is 0 Å². The highest BCUT2D eigenvalue weighted by molar-refractivity contribution is 5.96. The Bertz CT molecular complexity index is 1320. The number of carbonyl (C=O) groups excluding carboxylic acids is 2. The largest absolute Gasteiger partial charge is 0.471 e. The molecule has 0 bridgehead atoms. The summed E-state index contributed by atoms with van der Waals surface area (Å²) in [6.07, 6.45) is 3.76. The predicted molar refractivity (Wildman–Crippen MR) is 175 cm³/mol. The maximum Gasteiger partial charge on any atom is 0.410 e. The second-order valence-corrected chi connectivity index (χ2v) is 13.4. The van der Waals surface area contributed by atoms with Crippen LogP contribution in [-0.2, 0) is 11.2 Å². The van der Waals surface area contributed by atoms with Crippen LogP contribution in [0.4, 0.5) is 22.0 Å². The number of nitrogens with two attached hydrogens (primary N) is 1. The first-order valence-corrected chi connectivity index (χ1v) is 16.4. The van der Waals surface area contributed by atoms with Crippen molar-refractivity contribution in [1.82, 2.24) is 24.7 Å². The molecule has 0 aliphatic carbocycles. The average Bonchev–Trinajstić information content (AvgIpc) is 3.01. The number of nitrogens with one attached hydrogen (secondary N) is 1. The summed E-state index contributed by atoms with van der Waals surface area (Å²) in [5, 5.41) is 3.25. The number of aryl methyl sites for hydroxylation is 1. The van der Waals surface area contributed by atoms with Crippen LogP contribution in [-0.4, -0.2) is 114 Å². The Morgan fingerprint density at radius 1 is 0.978 bits per heavy atom. The van der Waals surface area contributed by atoms with Gasteiger partial charge in [-0.25, -0.2) is 9.78 Å². The smallest absolute Gasteiger partial charge is 0.410 e. The van der Waals surface area contributed by atoms with E-state index in [2.05, 4.69) is 44.2 Å². The van der Waals surface area contributed by atoms with Gasteiger partial charge in [0.05, 0.1) is 6.54 Å². The zero-order chi connectivity index (χ0) is 32.1.